The third-order valence-corrected chi connectivity index (χ3v) is 2.77. The standard InChI is InChI=1S/C12H16BrNO/c1-11(15)14(10-6-5-9-13)12-7-3-2-4-8-12/h2-4,7-8H,5-6,9-10H2,1H3. The van der Waals surface area contributed by atoms with Crippen LogP contribution >= 0.6 is 15.9 Å². The zero-order valence-electron chi connectivity index (χ0n) is 8.95. The number of nitrogens with zero attached hydrogens (tertiary/aromatic N) is 1. The summed E-state index contributed by atoms with van der Waals surface area (Å²) in [5.41, 5.74) is 0.986. The van der Waals surface area contributed by atoms with Crippen LogP contribution in [0.4, 0.5) is 5.69 Å². The summed E-state index contributed by atoms with van der Waals surface area (Å²) in [5, 5.41) is 0.994. The first-order chi connectivity index (χ1) is 7.25. The summed E-state index contributed by atoms with van der Waals surface area (Å²) >= 11 is 3.39. The third kappa shape index (κ3) is 4.04. The van der Waals surface area contributed by atoms with Gasteiger partial charge in [0.2, 0.25) is 5.91 Å². The molecule has 0 spiro atoms. The molecule has 0 aliphatic heterocycles. The van der Waals surface area contributed by atoms with Gasteiger partial charge < -0.3 is 4.90 Å². The van der Waals surface area contributed by atoms with Gasteiger partial charge in [-0.15, -0.1) is 0 Å². The van der Waals surface area contributed by atoms with Crippen molar-refractivity contribution in [1.29, 1.82) is 0 Å². The lowest BCUT2D eigenvalue weighted by atomic mass is 10.2. The molecule has 0 aliphatic rings. The van der Waals surface area contributed by atoms with Crippen molar-refractivity contribution in [2.24, 2.45) is 0 Å². The van der Waals surface area contributed by atoms with Crippen molar-refractivity contribution >= 4 is 27.5 Å². The molecule has 0 radical (unpaired) electrons. The van der Waals surface area contributed by atoms with E-state index in [0.717, 1.165) is 30.4 Å². The van der Waals surface area contributed by atoms with Crippen LogP contribution in [0.5, 0.6) is 0 Å². The van der Waals surface area contributed by atoms with Gasteiger partial charge in [-0.25, -0.2) is 0 Å². The zero-order chi connectivity index (χ0) is 11.1. The molecule has 0 saturated carbocycles. The highest BCUT2D eigenvalue weighted by atomic mass is 79.9. The van der Waals surface area contributed by atoms with Crippen LogP contribution in [-0.2, 0) is 4.79 Å². The zero-order valence-corrected chi connectivity index (χ0v) is 10.5. The van der Waals surface area contributed by atoms with E-state index in [9.17, 15) is 4.79 Å². The number of alkyl halides is 1. The van der Waals surface area contributed by atoms with Crippen LogP contribution in [-0.4, -0.2) is 17.8 Å². The highest BCUT2D eigenvalue weighted by Crippen LogP contribution is 2.14. The topological polar surface area (TPSA) is 20.3 Å². The van der Waals surface area contributed by atoms with Gasteiger partial charge in [0.25, 0.3) is 0 Å². The Kier molecular flexibility index (Phi) is 5.40. The molecule has 0 atom stereocenters. The number of unbranched alkanes of at least 4 members (excludes halogenated alkanes) is 1. The Bertz CT molecular complexity index is 300. The first-order valence-electron chi connectivity index (χ1n) is 5.15. The molecule has 0 aromatic heterocycles. The minimum atomic E-state index is 0.107. The third-order valence-electron chi connectivity index (χ3n) is 2.21. The Morgan fingerprint density at radius 2 is 1.93 bits per heavy atom. The molecular formula is C12H16BrNO. The maximum atomic E-state index is 11.5. The molecule has 2 nitrogen and oxygen atoms in total. The lowest BCUT2D eigenvalue weighted by Gasteiger charge is -2.20. The average molecular weight is 270 g/mol. The summed E-state index contributed by atoms with van der Waals surface area (Å²) in [4.78, 5) is 13.3. The lowest BCUT2D eigenvalue weighted by molar-refractivity contribution is -0.116. The molecule has 0 saturated heterocycles. The van der Waals surface area contributed by atoms with Crippen molar-refractivity contribution in [3.05, 3.63) is 30.3 Å². The number of halogens is 1. The Labute approximate surface area is 99.4 Å². The van der Waals surface area contributed by atoms with Gasteiger partial charge in [0, 0.05) is 24.5 Å². The maximum absolute atomic E-state index is 11.5. The van der Waals surface area contributed by atoms with Gasteiger partial charge in [-0.3, -0.25) is 4.79 Å². The largest absolute Gasteiger partial charge is 0.313 e. The van der Waals surface area contributed by atoms with E-state index in [0.29, 0.717) is 0 Å². The summed E-state index contributed by atoms with van der Waals surface area (Å²) in [6.07, 6.45) is 2.12. The number of carbonyl (C=O) groups is 1. The van der Waals surface area contributed by atoms with Crippen molar-refractivity contribution in [3.8, 4) is 0 Å². The molecule has 0 heterocycles. The number of anilines is 1. The number of amides is 1. The van der Waals surface area contributed by atoms with Crippen molar-refractivity contribution in [2.75, 3.05) is 16.8 Å². The second-order valence-corrected chi connectivity index (χ2v) is 4.20. The predicted octanol–water partition coefficient (Wildman–Crippen LogP) is 3.21. The van der Waals surface area contributed by atoms with Gasteiger partial charge in [-0.2, -0.15) is 0 Å². The summed E-state index contributed by atoms with van der Waals surface area (Å²) in [5.74, 6) is 0.107. The monoisotopic (exact) mass is 269 g/mol. The summed E-state index contributed by atoms with van der Waals surface area (Å²) in [6, 6.07) is 9.80. The second-order valence-electron chi connectivity index (χ2n) is 3.40. The quantitative estimate of drug-likeness (QED) is 0.594. The number of hydrogen-bond donors (Lipinski definition) is 0. The Morgan fingerprint density at radius 3 is 2.47 bits per heavy atom. The molecular weight excluding hydrogens is 254 g/mol. The number of para-hydroxylation sites is 1. The van der Waals surface area contributed by atoms with Gasteiger partial charge in [0.05, 0.1) is 0 Å². The van der Waals surface area contributed by atoms with E-state index < -0.39 is 0 Å². The van der Waals surface area contributed by atoms with Gasteiger partial charge >= 0.3 is 0 Å². The van der Waals surface area contributed by atoms with Gasteiger partial charge in [0.15, 0.2) is 0 Å². The molecule has 3 heteroatoms. The smallest absolute Gasteiger partial charge is 0.223 e. The lowest BCUT2D eigenvalue weighted by Crippen LogP contribution is -2.29. The fraction of sp³-hybridized carbons (Fsp3) is 0.417. The van der Waals surface area contributed by atoms with Crippen molar-refractivity contribution < 1.29 is 4.79 Å². The van der Waals surface area contributed by atoms with E-state index in [2.05, 4.69) is 15.9 Å². The first-order valence-corrected chi connectivity index (χ1v) is 6.27. The molecule has 0 N–H and O–H groups in total. The van der Waals surface area contributed by atoms with E-state index in [1.807, 2.05) is 35.2 Å². The van der Waals surface area contributed by atoms with Crippen molar-refractivity contribution in [3.63, 3.8) is 0 Å². The Balaban J connectivity index is 2.62. The molecule has 1 rings (SSSR count). The van der Waals surface area contributed by atoms with Gasteiger partial charge in [-0.05, 0) is 25.0 Å². The predicted molar refractivity (Wildman–Crippen MR) is 67.5 cm³/mol. The number of hydrogen-bond acceptors (Lipinski definition) is 1. The highest BCUT2D eigenvalue weighted by molar-refractivity contribution is 9.09. The number of rotatable bonds is 5. The highest BCUT2D eigenvalue weighted by Gasteiger charge is 2.09. The van der Waals surface area contributed by atoms with Gasteiger partial charge in [0.1, 0.15) is 0 Å². The number of carbonyl (C=O) groups excluding carboxylic acids is 1. The van der Waals surface area contributed by atoms with Gasteiger partial charge in [-0.1, -0.05) is 34.1 Å². The second kappa shape index (κ2) is 6.62. The van der Waals surface area contributed by atoms with E-state index in [4.69, 9.17) is 0 Å². The number of benzene rings is 1. The Morgan fingerprint density at radius 1 is 1.27 bits per heavy atom. The van der Waals surface area contributed by atoms with Crippen LogP contribution in [0.15, 0.2) is 30.3 Å². The van der Waals surface area contributed by atoms with Crippen LogP contribution in [0.2, 0.25) is 0 Å². The van der Waals surface area contributed by atoms with Crippen LogP contribution < -0.4 is 4.90 Å². The molecule has 0 bridgehead atoms. The molecule has 0 aliphatic carbocycles. The summed E-state index contributed by atoms with van der Waals surface area (Å²) in [7, 11) is 0. The Hall–Kier alpha value is -0.830. The average Bonchev–Trinajstić information content (AvgIpc) is 2.25. The molecule has 1 aromatic carbocycles. The fourth-order valence-corrected chi connectivity index (χ4v) is 1.84. The van der Waals surface area contributed by atoms with E-state index >= 15 is 0 Å². The van der Waals surface area contributed by atoms with E-state index in [1.165, 1.54) is 0 Å². The van der Waals surface area contributed by atoms with Crippen LogP contribution in [0.25, 0.3) is 0 Å². The van der Waals surface area contributed by atoms with E-state index in [-0.39, 0.29) is 5.91 Å². The van der Waals surface area contributed by atoms with Crippen LogP contribution in [0.1, 0.15) is 19.8 Å². The first kappa shape index (κ1) is 12.2. The molecule has 0 unspecified atom stereocenters. The fourth-order valence-electron chi connectivity index (χ4n) is 1.44. The van der Waals surface area contributed by atoms with E-state index in [1.54, 1.807) is 6.92 Å². The van der Waals surface area contributed by atoms with Crippen molar-refractivity contribution in [2.45, 2.75) is 19.8 Å². The molecule has 0 fully saturated rings. The van der Waals surface area contributed by atoms with Crippen LogP contribution in [0.3, 0.4) is 0 Å². The SMILES string of the molecule is CC(=O)N(CCCCBr)c1ccccc1. The molecule has 1 aromatic rings. The maximum Gasteiger partial charge on any atom is 0.223 e. The van der Waals surface area contributed by atoms with Crippen LogP contribution in [0, 0.1) is 0 Å². The van der Waals surface area contributed by atoms with Crippen molar-refractivity contribution in [1.82, 2.24) is 0 Å². The summed E-state index contributed by atoms with van der Waals surface area (Å²) < 4.78 is 0. The minimum absolute atomic E-state index is 0.107. The molecule has 15 heavy (non-hydrogen) atoms. The normalized spacial score (nSPS) is 10.0. The minimum Gasteiger partial charge on any atom is -0.313 e. The molecule has 1 amide bonds. The summed E-state index contributed by atoms with van der Waals surface area (Å²) in [6.45, 7) is 2.41. The molecule has 82 valence electrons.